The molecule has 18 heavy (non-hydrogen) atoms. The normalized spacial score (nSPS) is 14.1. The van der Waals surface area contributed by atoms with Crippen molar-refractivity contribution in [2.45, 2.75) is 12.6 Å². The zero-order valence-electron chi connectivity index (χ0n) is 9.85. The molecule has 4 N–H and O–H groups in total. The van der Waals surface area contributed by atoms with Gasteiger partial charge in [0.2, 0.25) is 0 Å². The number of nitrogens with one attached hydrogen (secondary N) is 2. The van der Waals surface area contributed by atoms with E-state index in [0.717, 1.165) is 5.56 Å². The van der Waals surface area contributed by atoms with E-state index >= 15 is 0 Å². The minimum absolute atomic E-state index is 0.0433. The van der Waals surface area contributed by atoms with Crippen LogP contribution >= 0.6 is 0 Å². The number of anilines is 1. The van der Waals surface area contributed by atoms with Crippen LogP contribution in [-0.4, -0.2) is 42.0 Å². The highest BCUT2D eigenvalue weighted by Crippen LogP contribution is 2.28. The van der Waals surface area contributed by atoms with Crippen molar-refractivity contribution in [3.63, 3.8) is 0 Å². The number of aliphatic hydroxyl groups is 2. The predicted octanol–water partition coefficient (Wildman–Crippen LogP) is -0.540. The summed E-state index contributed by atoms with van der Waals surface area (Å²) in [7, 11) is 0. The van der Waals surface area contributed by atoms with Gasteiger partial charge in [-0.25, -0.2) is 0 Å². The maximum absolute atomic E-state index is 11.2. The molecule has 1 aliphatic heterocycles. The molecule has 2 rings (SSSR count). The number of aliphatic hydroxyl groups excluding tert-OH is 2. The largest absolute Gasteiger partial charge is 0.482 e. The third-order valence-corrected chi connectivity index (χ3v) is 2.71. The fourth-order valence-electron chi connectivity index (χ4n) is 1.69. The summed E-state index contributed by atoms with van der Waals surface area (Å²) in [6, 6.07) is 5.13. The lowest BCUT2D eigenvalue weighted by molar-refractivity contribution is -0.118. The summed E-state index contributed by atoms with van der Waals surface area (Å²) in [5.74, 6) is 0.482. The van der Waals surface area contributed by atoms with Crippen LogP contribution in [0.4, 0.5) is 5.69 Å². The van der Waals surface area contributed by atoms with Crippen molar-refractivity contribution in [1.82, 2.24) is 5.32 Å². The van der Waals surface area contributed by atoms with Crippen LogP contribution in [0.25, 0.3) is 0 Å². The first-order valence-electron chi connectivity index (χ1n) is 5.73. The van der Waals surface area contributed by atoms with E-state index in [9.17, 15) is 4.79 Å². The number of fused-ring (bicyclic) bond motifs is 1. The number of benzene rings is 1. The van der Waals surface area contributed by atoms with Gasteiger partial charge in [-0.2, -0.15) is 0 Å². The fraction of sp³-hybridized carbons (Fsp3) is 0.417. The maximum atomic E-state index is 11.2. The molecule has 98 valence electrons. The molecule has 0 unspecified atom stereocenters. The summed E-state index contributed by atoms with van der Waals surface area (Å²) in [6.07, 6.45) is 0. The molecule has 1 aliphatic rings. The van der Waals surface area contributed by atoms with E-state index in [0.29, 0.717) is 18.0 Å². The first-order valence-corrected chi connectivity index (χ1v) is 5.73. The van der Waals surface area contributed by atoms with E-state index in [1.807, 2.05) is 12.1 Å². The molecular formula is C12H16N2O4. The molecule has 6 heteroatoms. The SMILES string of the molecule is O=C1COc2ccc(CNC(CO)CO)cc2N1. The molecule has 0 saturated heterocycles. The minimum Gasteiger partial charge on any atom is -0.482 e. The molecule has 0 radical (unpaired) electrons. The van der Waals surface area contributed by atoms with Gasteiger partial charge >= 0.3 is 0 Å². The van der Waals surface area contributed by atoms with Crippen molar-refractivity contribution in [2.75, 3.05) is 25.1 Å². The van der Waals surface area contributed by atoms with Gasteiger partial charge < -0.3 is 25.6 Å². The summed E-state index contributed by atoms with van der Waals surface area (Å²) in [5, 5.41) is 23.6. The summed E-state index contributed by atoms with van der Waals surface area (Å²) in [5.41, 5.74) is 1.58. The van der Waals surface area contributed by atoms with Gasteiger partial charge in [0.25, 0.3) is 5.91 Å². The van der Waals surface area contributed by atoms with E-state index in [-0.39, 0.29) is 31.8 Å². The van der Waals surface area contributed by atoms with E-state index in [2.05, 4.69) is 10.6 Å². The number of carbonyl (C=O) groups is 1. The molecule has 0 spiro atoms. The Kier molecular flexibility index (Phi) is 4.14. The van der Waals surface area contributed by atoms with Crippen molar-refractivity contribution >= 4 is 11.6 Å². The van der Waals surface area contributed by atoms with Gasteiger partial charge in [0.1, 0.15) is 5.75 Å². The van der Waals surface area contributed by atoms with Gasteiger partial charge in [-0.05, 0) is 17.7 Å². The summed E-state index contributed by atoms with van der Waals surface area (Å²) < 4.78 is 5.25. The second-order valence-corrected chi connectivity index (χ2v) is 4.11. The molecule has 0 aliphatic carbocycles. The van der Waals surface area contributed by atoms with Crippen LogP contribution in [0.2, 0.25) is 0 Å². The molecular weight excluding hydrogens is 236 g/mol. The van der Waals surface area contributed by atoms with Gasteiger partial charge in [0.05, 0.1) is 24.9 Å². The van der Waals surface area contributed by atoms with Crippen molar-refractivity contribution in [2.24, 2.45) is 0 Å². The first-order chi connectivity index (χ1) is 8.72. The molecule has 0 fully saturated rings. The van der Waals surface area contributed by atoms with E-state index < -0.39 is 0 Å². The number of carbonyl (C=O) groups excluding carboxylic acids is 1. The van der Waals surface area contributed by atoms with Crippen LogP contribution < -0.4 is 15.4 Å². The van der Waals surface area contributed by atoms with Crippen LogP contribution in [0.3, 0.4) is 0 Å². The average molecular weight is 252 g/mol. The lowest BCUT2D eigenvalue weighted by Gasteiger charge is -2.19. The van der Waals surface area contributed by atoms with Crippen LogP contribution in [0.15, 0.2) is 18.2 Å². The molecule has 0 saturated carbocycles. The van der Waals surface area contributed by atoms with E-state index in [1.54, 1.807) is 6.07 Å². The third-order valence-electron chi connectivity index (χ3n) is 2.71. The van der Waals surface area contributed by atoms with Gasteiger partial charge in [-0.3, -0.25) is 4.79 Å². The van der Waals surface area contributed by atoms with Crippen LogP contribution in [-0.2, 0) is 11.3 Å². The number of amides is 1. The van der Waals surface area contributed by atoms with E-state index in [4.69, 9.17) is 14.9 Å². The Morgan fingerprint density at radius 2 is 2.17 bits per heavy atom. The smallest absolute Gasteiger partial charge is 0.262 e. The Morgan fingerprint density at radius 3 is 2.89 bits per heavy atom. The Bertz CT molecular complexity index is 432. The molecule has 1 aromatic rings. The monoisotopic (exact) mass is 252 g/mol. The predicted molar refractivity (Wildman–Crippen MR) is 65.4 cm³/mol. The minimum atomic E-state index is -0.341. The standard InChI is InChI=1S/C12H16N2O4/c15-5-9(6-16)13-4-8-1-2-11-10(3-8)14-12(17)7-18-11/h1-3,9,13,15-16H,4-7H2,(H,14,17). The highest BCUT2D eigenvalue weighted by molar-refractivity contribution is 5.95. The third kappa shape index (κ3) is 2.98. The summed E-state index contributed by atoms with van der Waals surface area (Å²) in [4.78, 5) is 11.2. The van der Waals surface area contributed by atoms with Gasteiger partial charge in [0, 0.05) is 6.54 Å². The van der Waals surface area contributed by atoms with Gasteiger partial charge in [-0.1, -0.05) is 6.07 Å². The molecule has 0 bridgehead atoms. The molecule has 0 aromatic heterocycles. The fourth-order valence-corrected chi connectivity index (χ4v) is 1.69. The topological polar surface area (TPSA) is 90.8 Å². The zero-order chi connectivity index (χ0) is 13.0. The molecule has 1 aromatic carbocycles. The number of ether oxygens (including phenoxy) is 1. The molecule has 1 heterocycles. The first kappa shape index (κ1) is 12.8. The number of hydrogen-bond acceptors (Lipinski definition) is 5. The van der Waals surface area contributed by atoms with E-state index in [1.165, 1.54) is 0 Å². The van der Waals surface area contributed by atoms with Crippen LogP contribution in [0.5, 0.6) is 5.75 Å². The second-order valence-electron chi connectivity index (χ2n) is 4.11. The van der Waals surface area contributed by atoms with Gasteiger partial charge in [0.15, 0.2) is 6.61 Å². The Labute approximate surface area is 105 Å². The summed E-state index contributed by atoms with van der Waals surface area (Å²) >= 11 is 0. The molecule has 1 amide bonds. The lowest BCUT2D eigenvalue weighted by Crippen LogP contribution is -2.35. The molecule has 6 nitrogen and oxygen atoms in total. The van der Waals surface area contributed by atoms with Crippen molar-refractivity contribution < 1.29 is 19.7 Å². The second kappa shape index (κ2) is 5.81. The zero-order valence-corrected chi connectivity index (χ0v) is 9.85. The van der Waals surface area contributed by atoms with Crippen LogP contribution in [0, 0.1) is 0 Å². The average Bonchev–Trinajstić information content (AvgIpc) is 2.39. The Morgan fingerprint density at radius 1 is 1.39 bits per heavy atom. The number of hydrogen-bond donors (Lipinski definition) is 4. The van der Waals surface area contributed by atoms with Crippen molar-refractivity contribution in [3.05, 3.63) is 23.8 Å². The molecule has 0 atom stereocenters. The highest BCUT2D eigenvalue weighted by Gasteiger charge is 2.16. The maximum Gasteiger partial charge on any atom is 0.262 e. The highest BCUT2D eigenvalue weighted by atomic mass is 16.5. The number of rotatable bonds is 5. The van der Waals surface area contributed by atoms with Crippen molar-refractivity contribution in [3.8, 4) is 5.75 Å². The Balaban J connectivity index is 2.02. The lowest BCUT2D eigenvalue weighted by atomic mass is 10.1. The quantitative estimate of drug-likeness (QED) is 0.565. The Hall–Kier alpha value is -1.63. The van der Waals surface area contributed by atoms with Crippen LogP contribution in [0.1, 0.15) is 5.56 Å². The van der Waals surface area contributed by atoms with Crippen molar-refractivity contribution in [1.29, 1.82) is 0 Å². The van der Waals surface area contributed by atoms with Gasteiger partial charge in [-0.15, -0.1) is 0 Å². The summed E-state index contributed by atoms with van der Waals surface area (Å²) in [6.45, 7) is 0.291.